The lowest BCUT2D eigenvalue weighted by Gasteiger charge is -2.27. The Balaban J connectivity index is 1.78. The summed E-state index contributed by atoms with van der Waals surface area (Å²) in [7, 11) is 0. The van der Waals surface area contributed by atoms with Gasteiger partial charge >= 0.3 is 5.63 Å². The molecule has 1 aliphatic rings. The fourth-order valence-electron chi connectivity index (χ4n) is 2.89. The maximum absolute atomic E-state index is 13.4. The van der Waals surface area contributed by atoms with Gasteiger partial charge in [0.05, 0.1) is 11.8 Å². The Bertz CT molecular complexity index is 710. The van der Waals surface area contributed by atoms with E-state index < -0.39 is 17.5 Å². The molecule has 5 nitrogen and oxygen atoms in total. The highest BCUT2D eigenvalue weighted by molar-refractivity contribution is 5.89. The predicted molar refractivity (Wildman–Crippen MR) is 82.5 cm³/mol. The maximum atomic E-state index is 13.4. The molecule has 118 valence electrons. The summed E-state index contributed by atoms with van der Waals surface area (Å²) >= 11 is 0. The summed E-state index contributed by atoms with van der Waals surface area (Å²) in [6.45, 7) is 2.13. The van der Waals surface area contributed by atoms with Gasteiger partial charge in [-0.25, -0.2) is 9.18 Å². The lowest BCUT2D eigenvalue weighted by atomic mass is 9.92. The van der Waals surface area contributed by atoms with Gasteiger partial charge in [-0.15, -0.1) is 0 Å². The lowest BCUT2D eigenvalue weighted by Crippen LogP contribution is -2.37. The van der Waals surface area contributed by atoms with E-state index in [2.05, 4.69) is 10.6 Å². The molecule has 3 rings (SSSR count). The number of hydrogen-bond acceptors (Lipinski definition) is 5. The summed E-state index contributed by atoms with van der Waals surface area (Å²) in [5.74, 6) is -0.167. The molecule has 0 amide bonds. The topological polar surface area (TPSA) is 74.5 Å². The first-order chi connectivity index (χ1) is 10.6. The van der Waals surface area contributed by atoms with Crippen molar-refractivity contribution in [2.24, 2.45) is 5.92 Å². The second kappa shape index (κ2) is 6.46. The molecule has 1 atom stereocenters. The van der Waals surface area contributed by atoms with E-state index in [4.69, 9.17) is 4.42 Å². The van der Waals surface area contributed by atoms with Crippen molar-refractivity contribution in [2.45, 2.75) is 18.9 Å². The molecular weight excluding hydrogens is 287 g/mol. The number of aliphatic hydroxyl groups excluding tert-OH is 1. The normalized spacial score (nSPS) is 17.5. The van der Waals surface area contributed by atoms with E-state index in [9.17, 15) is 14.3 Å². The van der Waals surface area contributed by atoms with Gasteiger partial charge in [-0.2, -0.15) is 0 Å². The van der Waals surface area contributed by atoms with Crippen LogP contribution in [-0.4, -0.2) is 30.8 Å². The quantitative estimate of drug-likeness (QED) is 0.750. The van der Waals surface area contributed by atoms with Crippen LogP contribution in [0.4, 0.5) is 10.1 Å². The van der Waals surface area contributed by atoms with Gasteiger partial charge in [0.15, 0.2) is 0 Å². The van der Waals surface area contributed by atoms with Gasteiger partial charge in [0.1, 0.15) is 11.4 Å². The minimum Gasteiger partial charge on any atom is -0.423 e. The molecule has 1 saturated heterocycles. The van der Waals surface area contributed by atoms with Crippen molar-refractivity contribution >= 4 is 16.7 Å². The summed E-state index contributed by atoms with van der Waals surface area (Å²) in [6.07, 6.45) is 1.35. The summed E-state index contributed by atoms with van der Waals surface area (Å²) in [5, 5.41) is 17.1. The SMILES string of the molecule is O=c1cc(NCC(O)C2CCNCC2)c2cc(F)ccc2o1. The molecule has 1 aromatic carbocycles. The van der Waals surface area contributed by atoms with E-state index >= 15 is 0 Å². The van der Waals surface area contributed by atoms with E-state index in [-0.39, 0.29) is 5.92 Å². The van der Waals surface area contributed by atoms with Gasteiger partial charge in [0.25, 0.3) is 0 Å². The largest absolute Gasteiger partial charge is 0.423 e. The van der Waals surface area contributed by atoms with Gasteiger partial charge in [0, 0.05) is 18.0 Å². The van der Waals surface area contributed by atoms with Crippen LogP contribution >= 0.6 is 0 Å². The Morgan fingerprint density at radius 1 is 1.36 bits per heavy atom. The van der Waals surface area contributed by atoms with Gasteiger partial charge in [-0.05, 0) is 50.0 Å². The minimum atomic E-state index is -0.502. The summed E-state index contributed by atoms with van der Waals surface area (Å²) in [4.78, 5) is 11.6. The summed E-state index contributed by atoms with van der Waals surface area (Å²) in [5.41, 5.74) is 0.310. The van der Waals surface area contributed by atoms with Gasteiger partial charge in [-0.1, -0.05) is 0 Å². The Labute approximate surface area is 127 Å². The fourth-order valence-corrected chi connectivity index (χ4v) is 2.89. The highest BCUT2D eigenvalue weighted by Crippen LogP contribution is 2.23. The third-order valence-corrected chi connectivity index (χ3v) is 4.13. The van der Waals surface area contributed by atoms with E-state index in [1.165, 1.54) is 24.3 Å². The van der Waals surface area contributed by atoms with Crippen LogP contribution in [0, 0.1) is 11.7 Å². The number of hydrogen-bond donors (Lipinski definition) is 3. The number of aliphatic hydroxyl groups is 1. The average molecular weight is 306 g/mol. The first kappa shape index (κ1) is 15.0. The van der Waals surface area contributed by atoms with E-state index in [1.807, 2.05) is 0 Å². The van der Waals surface area contributed by atoms with Gasteiger partial charge < -0.3 is 20.2 Å². The Kier molecular flexibility index (Phi) is 4.40. The maximum Gasteiger partial charge on any atom is 0.338 e. The second-order valence-corrected chi connectivity index (χ2v) is 5.66. The molecule has 1 unspecified atom stereocenters. The molecule has 1 aromatic heterocycles. The third-order valence-electron chi connectivity index (χ3n) is 4.13. The van der Waals surface area contributed by atoms with Crippen molar-refractivity contribution in [3.63, 3.8) is 0 Å². The zero-order valence-electron chi connectivity index (χ0n) is 12.1. The molecule has 0 saturated carbocycles. The Morgan fingerprint density at radius 2 is 2.14 bits per heavy atom. The average Bonchev–Trinajstić information content (AvgIpc) is 2.53. The second-order valence-electron chi connectivity index (χ2n) is 5.66. The Morgan fingerprint density at radius 3 is 2.91 bits per heavy atom. The minimum absolute atomic E-state index is 0.233. The molecule has 0 aliphatic carbocycles. The monoisotopic (exact) mass is 306 g/mol. The number of piperidine rings is 1. The highest BCUT2D eigenvalue weighted by atomic mass is 19.1. The van der Waals surface area contributed by atoms with Crippen LogP contribution < -0.4 is 16.3 Å². The van der Waals surface area contributed by atoms with E-state index in [0.29, 0.717) is 23.2 Å². The van der Waals surface area contributed by atoms with Crippen LogP contribution in [0.25, 0.3) is 11.0 Å². The van der Waals surface area contributed by atoms with E-state index in [0.717, 1.165) is 25.9 Å². The van der Waals surface area contributed by atoms with Crippen molar-refractivity contribution in [2.75, 3.05) is 25.0 Å². The molecule has 0 bridgehead atoms. The number of nitrogens with one attached hydrogen (secondary N) is 2. The van der Waals surface area contributed by atoms with Crippen LogP contribution in [0.2, 0.25) is 0 Å². The number of benzene rings is 1. The Hall–Kier alpha value is -1.92. The highest BCUT2D eigenvalue weighted by Gasteiger charge is 2.21. The predicted octanol–water partition coefficient (Wildman–Crippen LogP) is 1.70. The third kappa shape index (κ3) is 3.28. The number of fused-ring (bicyclic) bond motifs is 1. The van der Waals surface area contributed by atoms with Crippen molar-refractivity contribution in [3.05, 3.63) is 40.5 Å². The number of anilines is 1. The zero-order chi connectivity index (χ0) is 15.5. The summed E-state index contributed by atoms with van der Waals surface area (Å²) in [6, 6.07) is 5.29. The lowest BCUT2D eigenvalue weighted by molar-refractivity contribution is 0.0998. The van der Waals surface area contributed by atoms with Crippen LogP contribution in [0.3, 0.4) is 0 Å². The van der Waals surface area contributed by atoms with Crippen LogP contribution in [0.1, 0.15) is 12.8 Å². The van der Waals surface area contributed by atoms with Crippen LogP contribution in [-0.2, 0) is 0 Å². The molecule has 3 N–H and O–H groups in total. The van der Waals surface area contributed by atoms with Crippen molar-refractivity contribution in [1.82, 2.24) is 5.32 Å². The van der Waals surface area contributed by atoms with Crippen molar-refractivity contribution in [1.29, 1.82) is 0 Å². The molecule has 22 heavy (non-hydrogen) atoms. The smallest absolute Gasteiger partial charge is 0.338 e. The fraction of sp³-hybridized carbons (Fsp3) is 0.438. The molecule has 2 aromatic rings. The first-order valence-corrected chi connectivity index (χ1v) is 7.49. The molecular formula is C16H19FN2O3. The van der Waals surface area contributed by atoms with Gasteiger partial charge in [0.2, 0.25) is 0 Å². The molecule has 0 spiro atoms. The van der Waals surface area contributed by atoms with E-state index in [1.54, 1.807) is 0 Å². The van der Waals surface area contributed by atoms with Crippen molar-refractivity contribution < 1.29 is 13.9 Å². The zero-order valence-corrected chi connectivity index (χ0v) is 12.1. The molecule has 0 radical (unpaired) electrons. The van der Waals surface area contributed by atoms with Gasteiger partial charge in [-0.3, -0.25) is 0 Å². The molecule has 6 heteroatoms. The molecule has 1 aliphatic heterocycles. The summed E-state index contributed by atoms with van der Waals surface area (Å²) < 4.78 is 18.5. The molecule has 1 fully saturated rings. The first-order valence-electron chi connectivity index (χ1n) is 7.49. The molecule has 2 heterocycles. The standard InChI is InChI=1S/C16H19FN2O3/c17-11-1-2-15-12(7-11)13(8-16(21)22-15)19-9-14(20)10-3-5-18-6-4-10/h1-2,7-8,10,14,18-20H,3-6,9H2. The van der Waals surface area contributed by atoms with Crippen LogP contribution in [0.5, 0.6) is 0 Å². The van der Waals surface area contributed by atoms with Crippen LogP contribution in [0.15, 0.2) is 33.5 Å². The number of halogens is 1. The van der Waals surface area contributed by atoms with Crippen molar-refractivity contribution in [3.8, 4) is 0 Å². The number of rotatable bonds is 4.